The van der Waals surface area contributed by atoms with Gasteiger partial charge < -0.3 is 9.47 Å². The van der Waals surface area contributed by atoms with Gasteiger partial charge in [0.15, 0.2) is 0 Å². The number of rotatable bonds is 2. The van der Waals surface area contributed by atoms with Crippen LogP contribution < -0.4 is 0 Å². The molecule has 0 aromatic rings. The Morgan fingerprint density at radius 2 is 1.20 bits per heavy atom. The Morgan fingerprint density at radius 3 is 1.40 bits per heavy atom. The van der Waals surface area contributed by atoms with Crippen molar-refractivity contribution in [3.05, 3.63) is 22.7 Å². The molecule has 0 spiro atoms. The molecule has 0 aliphatic heterocycles. The van der Waals surface area contributed by atoms with E-state index in [0.29, 0.717) is 22.7 Å². The molecule has 2 rings (SSSR count). The second-order valence-corrected chi connectivity index (χ2v) is 7.08. The summed E-state index contributed by atoms with van der Waals surface area (Å²) in [6.45, 7) is 3.99. The highest BCUT2D eigenvalue weighted by atomic mass is 79.9. The van der Waals surface area contributed by atoms with Crippen LogP contribution in [0, 0.1) is 33.5 Å². The largest absolute Gasteiger partial charge is 0.499 e. The van der Waals surface area contributed by atoms with Crippen LogP contribution in [0.1, 0.15) is 13.8 Å². The maximum absolute atomic E-state index is 9.44. The lowest BCUT2D eigenvalue weighted by Gasteiger charge is -2.40. The standard InChI is InChI=1S/C14H14Br2N2O2/c1-13-9(15)7(5-17)12(20-4)14(13,2)10(16)8(6-18)11(13)19-3/h9-10H,1-4H3/t9-,10+,13-,14-/m1/s1. The summed E-state index contributed by atoms with van der Waals surface area (Å²) in [7, 11) is 3.11. The van der Waals surface area contributed by atoms with Gasteiger partial charge in [0, 0.05) is 0 Å². The van der Waals surface area contributed by atoms with Crippen LogP contribution in [0.4, 0.5) is 0 Å². The average Bonchev–Trinajstić information content (AvgIpc) is 2.72. The number of methoxy groups -OCH3 is 2. The number of alkyl halides is 2. The summed E-state index contributed by atoms with van der Waals surface area (Å²) in [5.41, 5.74) is -0.0172. The van der Waals surface area contributed by atoms with E-state index >= 15 is 0 Å². The number of allylic oxidation sites excluding steroid dienone is 4. The number of hydrogen-bond acceptors (Lipinski definition) is 4. The first-order chi connectivity index (χ1) is 9.35. The highest BCUT2D eigenvalue weighted by molar-refractivity contribution is 9.10. The summed E-state index contributed by atoms with van der Waals surface area (Å²) < 4.78 is 11.1. The number of ether oxygens (including phenoxy) is 2. The number of halogens is 2. The third kappa shape index (κ3) is 1.39. The third-order valence-electron chi connectivity index (χ3n) is 4.68. The first-order valence-corrected chi connectivity index (χ1v) is 7.84. The minimum Gasteiger partial charge on any atom is -0.499 e. The number of hydrogen-bond donors (Lipinski definition) is 0. The second-order valence-electron chi connectivity index (χ2n) is 5.25. The zero-order valence-electron chi connectivity index (χ0n) is 11.6. The molecule has 2 aliphatic carbocycles. The Morgan fingerprint density at radius 1 is 0.900 bits per heavy atom. The van der Waals surface area contributed by atoms with E-state index in [-0.39, 0.29) is 9.65 Å². The van der Waals surface area contributed by atoms with Crippen molar-refractivity contribution in [2.45, 2.75) is 23.5 Å². The lowest BCUT2D eigenvalue weighted by molar-refractivity contribution is 0.0832. The van der Waals surface area contributed by atoms with Crippen LogP contribution in [0.3, 0.4) is 0 Å². The number of fused-ring (bicyclic) bond motifs is 1. The molecular weight excluding hydrogens is 388 g/mol. The number of nitrogens with zero attached hydrogens (tertiary/aromatic N) is 2. The van der Waals surface area contributed by atoms with Crippen molar-refractivity contribution in [2.75, 3.05) is 14.2 Å². The SMILES string of the molecule is COC1=C(C#N)[C@H](Br)[C@]2(C)C(OC)=C(C#N)[C@@H](Br)[C@]12C. The summed E-state index contributed by atoms with van der Waals surface area (Å²) in [6, 6.07) is 4.44. The Kier molecular flexibility index (Phi) is 3.69. The van der Waals surface area contributed by atoms with Crippen molar-refractivity contribution < 1.29 is 9.47 Å². The minimum atomic E-state index is -0.558. The van der Waals surface area contributed by atoms with Crippen LogP contribution in [0.5, 0.6) is 0 Å². The van der Waals surface area contributed by atoms with Crippen molar-refractivity contribution >= 4 is 31.9 Å². The highest BCUT2D eigenvalue weighted by Crippen LogP contribution is 2.69. The first-order valence-electron chi connectivity index (χ1n) is 6.01. The molecule has 0 bridgehead atoms. The van der Waals surface area contributed by atoms with E-state index in [1.807, 2.05) is 13.8 Å². The van der Waals surface area contributed by atoms with Crippen LogP contribution in [-0.2, 0) is 9.47 Å². The normalized spacial score (nSPS) is 39.4. The molecular formula is C14H14Br2N2O2. The lowest BCUT2D eigenvalue weighted by atomic mass is 9.68. The predicted octanol–water partition coefficient (Wildman–Crippen LogP) is 3.40. The molecule has 4 nitrogen and oxygen atoms in total. The van der Waals surface area contributed by atoms with Gasteiger partial charge in [0.2, 0.25) is 0 Å². The third-order valence-corrected chi connectivity index (χ3v) is 7.43. The van der Waals surface area contributed by atoms with Crippen LogP contribution in [0.15, 0.2) is 22.7 Å². The molecule has 0 fully saturated rings. The van der Waals surface area contributed by atoms with Crippen molar-refractivity contribution in [2.24, 2.45) is 10.8 Å². The van der Waals surface area contributed by atoms with Gasteiger partial charge >= 0.3 is 0 Å². The fraction of sp³-hybridized carbons (Fsp3) is 0.571. The van der Waals surface area contributed by atoms with Gasteiger partial charge in [0.25, 0.3) is 0 Å². The summed E-state index contributed by atoms with van der Waals surface area (Å²) >= 11 is 7.21. The van der Waals surface area contributed by atoms with Gasteiger partial charge in [-0.15, -0.1) is 0 Å². The molecule has 4 atom stereocenters. The van der Waals surface area contributed by atoms with Gasteiger partial charge in [-0.3, -0.25) is 0 Å². The quantitative estimate of drug-likeness (QED) is 0.665. The van der Waals surface area contributed by atoms with Gasteiger partial charge in [-0.2, -0.15) is 10.5 Å². The van der Waals surface area contributed by atoms with Crippen molar-refractivity contribution in [3.8, 4) is 12.1 Å². The van der Waals surface area contributed by atoms with Crippen LogP contribution in [-0.4, -0.2) is 23.9 Å². The molecule has 0 saturated carbocycles. The molecule has 0 heterocycles. The Balaban J connectivity index is 2.80. The lowest BCUT2D eigenvalue weighted by Crippen LogP contribution is -2.42. The van der Waals surface area contributed by atoms with E-state index < -0.39 is 10.8 Å². The molecule has 0 N–H and O–H groups in total. The molecule has 0 unspecified atom stereocenters. The van der Waals surface area contributed by atoms with E-state index in [2.05, 4.69) is 44.0 Å². The van der Waals surface area contributed by atoms with E-state index in [9.17, 15) is 10.5 Å². The average molecular weight is 402 g/mol. The highest BCUT2D eigenvalue weighted by Gasteiger charge is 2.70. The summed E-state index contributed by atoms with van der Waals surface area (Å²) in [6.07, 6.45) is 0. The van der Waals surface area contributed by atoms with Gasteiger partial charge in [-0.05, 0) is 13.8 Å². The first kappa shape index (κ1) is 15.4. The van der Waals surface area contributed by atoms with Gasteiger partial charge in [0.1, 0.15) is 11.5 Å². The van der Waals surface area contributed by atoms with E-state index in [1.54, 1.807) is 14.2 Å². The maximum Gasteiger partial charge on any atom is 0.119 e. The van der Waals surface area contributed by atoms with E-state index in [0.717, 1.165) is 0 Å². The van der Waals surface area contributed by atoms with Crippen molar-refractivity contribution in [1.29, 1.82) is 10.5 Å². The Labute approximate surface area is 135 Å². The molecule has 106 valence electrons. The molecule has 20 heavy (non-hydrogen) atoms. The monoisotopic (exact) mass is 400 g/mol. The minimum absolute atomic E-state index is 0.263. The maximum atomic E-state index is 9.44. The smallest absolute Gasteiger partial charge is 0.119 e. The van der Waals surface area contributed by atoms with Crippen LogP contribution >= 0.6 is 31.9 Å². The molecule has 0 radical (unpaired) electrons. The van der Waals surface area contributed by atoms with E-state index in [4.69, 9.17) is 9.47 Å². The van der Waals surface area contributed by atoms with Gasteiger partial charge in [0.05, 0.1) is 58.0 Å². The van der Waals surface area contributed by atoms with Crippen molar-refractivity contribution in [1.82, 2.24) is 0 Å². The molecule has 0 amide bonds. The molecule has 0 aromatic carbocycles. The molecule has 2 aliphatic rings. The van der Waals surface area contributed by atoms with Gasteiger partial charge in [-0.1, -0.05) is 31.9 Å². The topological polar surface area (TPSA) is 66.0 Å². The van der Waals surface area contributed by atoms with Gasteiger partial charge in [-0.25, -0.2) is 0 Å². The summed E-state index contributed by atoms with van der Waals surface area (Å²) in [5, 5.41) is 18.9. The number of nitriles is 2. The Bertz CT molecular complexity index is 560. The van der Waals surface area contributed by atoms with Crippen LogP contribution in [0.2, 0.25) is 0 Å². The summed E-state index contributed by atoms with van der Waals surface area (Å²) in [4.78, 5) is -0.526. The molecule has 0 aromatic heterocycles. The fourth-order valence-corrected chi connectivity index (χ4v) is 5.44. The van der Waals surface area contributed by atoms with Crippen molar-refractivity contribution in [3.63, 3.8) is 0 Å². The zero-order valence-corrected chi connectivity index (χ0v) is 14.8. The summed E-state index contributed by atoms with van der Waals surface area (Å²) in [5.74, 6) is 1.21. The molecule has 0 saturated heterocycles. The predicted molar refractivity (Wildman–Crippen MR) is 80.9 cm³/mol. The zero-order chi connectivity index (χ0) is 15.3. The van der Waals surface area contributed by atoms with E-state index in [1.165, 1.54) is 0 Å². The molecule has 6 heteroatoms. The van der Waals surface area contributed by atoms with Crippen LogP contribution in [0.25, 0.3) is 0 Å². The Hall–Kier alpha value is -0.980. The second kappa shape index (κ2) is 4.79. The fourth-order valence-electron chi connectivity index (χ4n) is 3.45.